The van der Waals surface area contributed by atoms with Crippen LogP contribution in [-0.4, -0.2) is 36.6 Å². The number of hydrogen-bond donors (Lipinski definition) is 2. The number of anilines is 1. The fourth-order valence-electron chi connectivity index (χ4n) is 2.88. The van der Waals surface area contributed by atoms with Crippen LogP contribution in [0.3, 0.4) is 0 Å². The molecule has 0 saturated heterocycles. The number of amides is 1. The second-order valence-electron chi connectivity index (χ2n) is 6.64. The number of aryl methyl sites for hydroxylation is 1. The first-order valence-electron chi connectivity index (χ1n) is 9.35. The summed E-state index contributed by atoms with van der Waals surface area (Å²) in [7, 11) is -3.85. The Hall–Kier alpha value is -3.19. The maximum atomic E-state index is 12.8. The van der Waals surface area contributed by atoms with E-state index in [1.54, 1.807) is 20.8 Å². The van der Waals surface area contributed by atoms with Gasteiger partial charge >= 0.3 is 6.18 Å². The van der Waals surface area contributed by atoms with Crippen LogP contribution in [0.5, 0.6) is 0 Å². The smallest absolute Gasteiger partial charge is 0.292 e. The summed E-state index contributed by atoms with van der Waals surface area (Å²) >= 11 is 0. The van der Waals surface area contributed by atoms with Gasteiger partial charge in [0.15, 0.2) is 0 Å². The molecule has 2 aromatic rings. The highest BCUT2D eigenvalue weighted by Crippen LogP contribution is 2.34. The van der Waals surface area contributed by atoms with Crippen LogP contribution < -0.4 is 10.9 Å². The molecule has 0 bridgehead atoms. The first-order chi connectivity index (χ1) is 14.8. The lowest BCUT2D eigenvalue weighted by Gasteiger charge is -2.20. The van der Waals surface area contributed by atoms with Crippen LogP contribution >= 0.6 is 0 Å². The molecule has 2 aromatic carbocycles. The molecule has 1 amide bonds. The molecule has 0 radical (unpaired) electrons. The van der Waals surface area contributed by atoms with E-state index in [0.29, 0.717) is 17.7 Å². The van der Waals surface area contributed by atoms with Crippen LogP contribution in [0.4, 0.5) is 24.5 Å². The van der Waals surface area contributed by atoms with Gasteiger partial charge in [-0.25, -0.2) is 8.42 Å². The molecule has 0 spiro atoms. The van der Waals surface area contributed by atoms with Gasteiger partial charge in [0.25, 0.3) is 11.6 Å². The highest BCUT2D eigenvalue weighted by atomic mass is 32.2. The van der Waals surface area contributed by atoms with Crippen LogP contribution in [-0.2, 0) is 16.2 Å². The van der Waals surface area contributed by atoms with Crippen molar-refractivity contribution in [1.82, 2.24) is 9.73 Å². The van der Waals surface area contributed by atoms with E-state index in [1.807, 2.05) is 0 Å². The fourth-order valence-corrected chi connectivity index (χ4v) is 4.59. The summed E-state index contributed by atoms with van der Waals surface area (Å²) in [6, 6.07) is 5.74. The molecule has 2 N–H and O–H groups in total. The predicted octanol–water partition coefficient (Wildman–Crippen LogP) is 3.71. The molecule has 13 heteroatoms. The highest BCUT2D eigenvalue weighted by Gasteiger charge is 2.33. The van der Waals surface area contributed by atoms with Gasteiger partial charge in [0.1, 0.15) is 5.69 Å². The molecule has 32 heavy (non-hydrogen) atoms. The van der Waals surface area contributed by atoms with Gasteiger partial charge in [-0.05, 0) is 36.8 Å². The number of alkyl halides is 3. The normalized spacial score (nSPS) is 12.0. The summed E-state index contributed by atoms with van der Waals surface area (Å²) in [5.41, 5.74) is 2.23. The van der Waals surface area contributed by atoms with Crippen molar-refractivity contribution in [2.75, 3.05) is 18.5 Å². The van der Waals surface area contributed by atoms with E-state index in [2.05, 4.69) is 10.9 Å². The van der Waals surface area contributed by atoms with Gasteiger partial charge < -0.3 is 0 Å². The lowest BCUT2D eigenvalue weighted by Crippen LogP contribution is -2.32. The van der Waals surface area contributed by atoms with Crippen molar-refractivity contribution < 1.29 is 31.3 Å². The van der Waals surface area contributed by atoms with Crippen LogP contribution in [0.25, 0.3) is 0 Å². The molecule has 0 aliphatic carbocycles. The number of nitrogens with zero attached hydrogens (tertiary/aromatic N) is 2. The Kier molecular flexibility index (Phi) is 7.46. The van der Waals surface area contributed by atoms with Gasteiger partial charge in [0, 0.05) is 24.7 Å². The molecule has 0 aliphatic heterocycles. The van der Waals surface area contributed by atoms with Crippen molar-refractivity contribution in [1.29, 1.82) is 0 Å². The van der Waals surface area contributed by atoms with E-state index in [9.17, 15) is 36.5 Å². The van der Waals surface area contributed by atoms with Crippen molar-refractivity contribution in [3.63, 3.8) is 0 Å². The fraction of sp³-hybridized carbons (Fsp3) is 0.316. The van der Waals surface area contributed by atoms with Gasteiger partial charge in [0.05, 0.1) is 15.4 Å². The standard InChI is InChI=1S/C19H21F3N4O5S/c1-4-25(5-2)32(30,31)17-10-13(7-6-12(17)3)18(27)24-23-15-9-8-14(19(20,21)22)11-16(15)26(28)29/h6-11,23H,4-5H2,1-3H3,(H,24,27). The minimum atomic E-state index is -4.78. The van der Waals surface area contributed by atoms with Crippen LogP contribution in [0.1, 0.15) is 35.3 Å². The number of hydrogen-bond acceptors (Lipinski definition) is 6. The Morgan fingerprint density at radius 3 is 2.28 bits per heavy atom. The van der Waals surface area contributed by atoms with Gasteiger partial charge in [-0.15, -0.1) is 0 Å². The zero-order chi connectivity index (χ0) is 24.3. The molecule has 0 saturated carbocycles. The van der Waals surface area contributed by atoms with Crippen LogP contribution in [0.2, 0.25) is 0 Å². The molecule has 9 nitrogen and oxygen atoms in total. The van der Waals surface area contributed by atoms with Crippen molar-refractivity contribution in [2.24, 2.45) is 0 Å². The molecular weight excluding hydrogens is 453 g/mol. The quantitative estimate of drug-likeness (QED) is 0.444. The Bertz CT molecular complexity index is 1130. The average Bonchev–Trinajstić information content (AvgIpc) is 2.71. The first-order valence-corrected chi connectivity index (χ1v) is 10.8. The Morgan fingerprint density at radius 2 is 1.75 bits per heavy atom. The topological polar surface area (TPSA) is 122 Å². The minimum Gasteiger partial charge on any atom is -0.292 e. The van der Waals surface area contributed by atoms with Gasteiger partial charge in [-0.1, -0.05) is 19.9 Å². The predicted molar refractivity (Wildman–Crippen MR) is 110 cm³/mol. The Balaban J connectivity index is 2.31. The summed E-state index contributed by atoms with van der Waals surface area (Å²) in [6.45, 7) is 5.38. The lowest BCUT2D eigenvalue weighted by atomic mass is 10.1. The molecule has 0 aromatic heterocycles. The SMILES string of the molecule is CCN(CC)S(=O)(=O)c1cc(C(=O)NNc2ccc(C(F)(F)F)cc2[N+](=O)[O-])ccc1C. The number of sulfonamides is 1. The number of benzene rings is 2. The number of carbonyl (C=O) groups excluding carboxylic acids is 1. The highest BCUT2D eigenvalue weighted by molar-refractivity contribution is 7.89. The van der Waals surface area contributed by atoms with Crippen molar-refractivity contribution in [3.8, 4) is 0 Å². The Morgan fingerprint density at radius 1 is 1.12 bits per heavy atom. The zero-order valence-corrected chi connectivity index (χ0v) is 18.2. The third-order valence-corrected chi connectivity index (χ3v) is 6.80. The van der Waals surface area contributed by atoms with Crippen molar-refractivity contribution in [3.05, 3.63) is 63.2 Å². The largest absolute Gasteiger partial charge is 0.416 e. The molecule has 0 unspecified atom stereocenters. The minimum absolute atomic E-state index is 0.0663. The maximum Gasteiger partial charge on any atom is 0.416 e. The average molecular weight is 474 g/mol. The molecular formula is C19H21F3N4O5S. The number of nitro benzene ring substituents is 1. The summed E-state index contributed by atoms with van der Waals surface area (Å²) in [4.78, 5) is 22.5. The summed E-state index contributed by atoms with van der Waals surface area (Å²) in [5, 5.41) is 11.1. The second-order valence-corrected chi connectivity index (χ2v) is 8.54. The number of nitro groups is 1. The third-order valence-electron chi connectivity index (χ3n) is 4.61. The van der Waals surface area contributed by atoms with Crippen molar-refractivity contribution >= 4 is 27.3 Å². The van der Waals surface area contributed by atoms with Crippen LogP contribution in [0.15, 0.2) is 41.3 Å². The molecule has 0 atom stereocenters. The van der Waals surface area contributed by atoms with E-state index in [-0.39, 0.29) is 29.2 Å². The number of hydrazine groups is 1. The van der Waals surface area contributed by atoms with Crippen LogP contribution in [0, 0.1) is 17.0 Å². The second kappa shape index (κ2) is 9.53. The van der Waals surface area contributed by atoms with E-state index >= 15 is 0 Å². The molecule has 174 valence electrons. The summed E-state index contributed by atoms with van der Waals surface area (Å²) in [5.74, 6) is -0.838. The van der Waals surface area contributed by atoms with E-state index in [0.717, 1.165) is 6.07 Å². The first kappa shape index (κ1) is 25.1. The van der Waals surface area contributed by atoms with Gasteiger partial charge in [-0.2, -0.15) is 17.5 Å². The monoisotopic (exact) mass is 474 g/mol. The number of halogens is 3. The zero-order valence-electron chi connectivity index (χ0n) is 17.4. The van der Waals surface area contributed by atoms with E-state index in [4.69, 9.17) is 0 Å². The van der Waals surface area contributed by atoms with E-state index in [1.165, 1.54) is 22.5 Å². The van der Waals surface area contributed by atoms with E-state index < -0.39 is 38.3 Å². The molecule has 0 aliphatic rings. The lowest BCUT2D eigenvalue weighted by molar-refractivity contribution is -0.384. The summed E-state index contributed by atoms with van der Waals surface area (Å²) < 4.78 is 65.3. The number of carbonyl (C=O) groups is 1. The van der Waals surface area contributed by atoms with Gasteiger partial charge in [-0.3, -0.25) is 25.8 Å². The molecule has 0 heterocycles. The summed E-state index contributed by atoms with van der Waals surface area (Å²) in [6.07, 6.45) is -4.78. The Labute approximate surface area is 182 Å². The van der Waals surface area contributed by atoms with Crippen molar-refractivity contribution in [2.45, 2.75) is 31.8 Å². The number of rotatable bonds is 8. The number of nitrogens with one attached hydrogen (secondary N) is 2. The van der Waals surface area contributed by atoms with Gasteiger partial charge in [0.2, 0.25) is 10.0 Å². The third kappa shape index (κ3) is 5.34. The molecule has 2 rings (SSSR count). The molecule has 0 fully saturated rings. The maximum absolute atomic E-state index is 12.8.